The monoisotopic (exact) mass is 459 g/mol. The Kier molecular flexibility index (Phi) is 5.93. The number of nitrogens with one attached hydrogen (secondary N) is 1. The third-order valence-corrected chi connectivity index (χ3v) is 5.47. The van der Waals surface area contributed by atoms with Crippen molar-refractivity contribution in [3.8, 4) is 11.3 Å². The van der Waals surface area contributed by atoms with Crippen molar-refractivity contribution in [2.45, 2.75) is 23.5 Å². The van der Waals surface area contributed by atoms with Crippen molar-refractivity contribution in [1.82, 2.24) is 19.9 Å². The van der Waals surface area contributed by atoms with Gasteiger partial charge in [-0.1, -0.05) is 23.9 Å². The largest absolute Gasteiger partial charge is 0.453 e. The Labute approximate surface area is 174 Å². The Morgan fingerprint density at radius 1 is 1.40 bits per heavy atom. The van der Waals surface area contributed by atoms with E-state index >= 15 is 0 Å². The van der Waals surface area contributed by atoms with Crippen molar-refractivity contribution in [2.75, 3.05) is 11.2 Å². The molecule has 0 aliphatic rings. The number of hydrogen-bond donors (Lipinski definition) is 2. The highest BCUT2D eigenvalue weighted by molar-refractivity contribution is 8.00. The Balaban J connectivity index is 1.68. The minimum atomic E-state index is -4.77. The van der Waals surface area contributed by atoms with Crippen LogP contribution in [0.2, 0.25) is 0 Å². The maximum Gasteiger partial charge on any atom is 0.453 e. The minimum Gasteiger partial charge on any atom is -0.335 e. The molecule has 0 aliphatic heterocycles. The number of amides is 1. The summed E-state index contributed by atoms with van der Waals surface area (Å²) in [6.45, 7) is 1.46. The first-order chi connectivity index (χ1) is 14.1. The topological polar surface area (TPSA) is 142 Å². The maximum absolute atomic E-state index is 12.7. The molecule has 158 valence electrons. The molecule has 10 nitrogen and oxygen atoms in total. The van der Waals surface area contributed by atoms with E-state index in [-0.39, 0.29) is 20.7 Å². The van der Waals surface area contributed by atoms with Gasteiger partial charge in [0.2, 0.25) is 11.1 Å². The van der Waals surface area contributed by atoms with Gasteiger partial charge in [0.25, 0.3) is 11.5 Å². The van der Waals surface area contributed by atoms with Crippen LogP contribution in [-0.4, -0.2) is 35.9 Å². The molecule has 3 aromatic rings. The fourth-order valence-corrected chi connectivity index (χ4v) is 3.70. The number of anilines is 1. The van der Waals surface area contributed by atoms with E-state index in [1.54, 1.807) is 11.4 Å². The third-order valence-electron chi connectivity index (χ3n) is 3.66. The SMILES string of the molecule is CC(Sc1nnc(C(F)(F)F)n1N)C(=O)Nc1nc(-c2cccc([N+](=O)[O-])c2)cs1. The zero-order valence-corrected chi connectivity index (χ0v) is 16.6. The zero-order chi connectivity index (χ0) is 22.1. The number of nitrogen functional groups attached to an aromatic ring is 1. The number of nitrogens with two attached hydrogens (primary N) is 1. The summed E-state index contributed by atoms with van der Waals surface area (Å²) in [6.07, 6.45) is -4.77. The van der Waals surface area contributed by atoms with Crippen molar-refractivity contribution in [2.24, 2.45) is 0 Å². The number of halogens is 3. The molecule has 1 amide bonds. The molecule has 0 bridgehead atoms. The fraction of sp³-hybridized carbons (Fsp3) is 0.200. The number of hydrogen-bond acceptors (Lipinski definition) is 9. The van der Waals surface area contributed by atoms with Crippen LogP contribution < -0.4 is 11.2 Å². The fourth-order valence-electron chi connectivity index (χ4n) is 2.21. The van der Waals surface area contributed by atoms with Gasteiger partial charge in [-0.15, -0.1) is 21.5 Å². The van der Waals surface area contributed by atoms with Crippen LogP contribution in [0.5, 0.6) is 0 Å². The number of nitro groups is 1. The molecule has 0 saturated heterocycles. The van der Waals surface area contributed by atoms with Crippen LogP contribution in [-0.2, 0) is 11.0 Å². The molecule has 3 rings (SSSR count). The molecule has 15 heteroatoms. The molecule has 0 saturated carbocycles. The van der Waals surface area contributed by atoms with E-state index < -0.39 is 28.1 Å². The van der Waals surface area contributed by atoms with Crippen LogP contribution in [0.3, 0.4) is 0 Å². The van der Waals surface area contributed by atoms with E-state index in [1.807, 2.05) is 0 Å². The van der Waals surface area contributed by atoms with Crippen molar-refractivity contribution < 1.29 is 22.9 Å². The number of carbonyl (C=O) groups excluding carboxylic acids is 1. The number of benzene rings is 1. The van der Waals surface area contributed by atoms with E-state index in [0.29, 0.717) is 23.0 Å². The van der Waals surface area contributed by atoms with Crippen molar-refractivity contribution in [3.63, 3.8) is 0 Å². The van der Waals surface area contributed by atoms with Crippen LogP contribution in [0.15, 0.2) is 34.8 Å². The summed E-state index contributed by atoms with van der Waals surface area (Å²) >= 11 is 1.79. The first kappa shape index (κ1) is 21.5. The normalized spacial score (nSPS) is 12.5. The molecule has 0 radical (unpaired) electrons. The van der Waals surface area contributed by atoms with Crippen LogP contribution in [0.4, 0.5) is 24.0 Å². The summed E-state index contributed by atoms with van der Waals surface area (Å²) in [6, 6.07) is 5.85. The molecule has 0 spiro atoms. The predicted molar refractivity (Wildman–Crippen MR) is 103 cm³/mol. The van der Waals surface area contributed by atoms with Crippen molar-refractivity contribution in [1.29, 1.82) is 0 Å². The van der Waals surface area contributed by atoms with E-state index in [9.17, 15) is 28.1 Å². The van der Waals surface area contributed by atoms with Gasteiger partial charge in [0.05, 0.1) is 15.9 Å². The number of nitro benzene ring substituents is 1. The van der Waals surface area contributed by atoms with Gasteiger partial charge in [-0.05, 0) is 6.92 Å². The Morgan fingerprint density at radius 3 is 2.77 bits per heavy atom. The number of rotatable bonds is 6. The van der Waals surface area contributed by atoms with Crippen molar-refractivity contribution >= 4 is 39.8 Å². The van der Waals surface area contributed by atoms with Gasteiger partial charge in [-0.25, -0.2) is 9.66 Å². The number of nitrogens with zero attached hydrogens (tertiary/aromatic N) is 5. The standard InChI is InChI=1S/C15H12F3N7O3S2/c1-7(30-14-23-22-12(24(14)19)15(16,17)18)11(26)21-13-20-10(6-29-13)8-3-2-4-9(5-8)25(27)28/h2-7H,19H2,1H3,(H,20,21,26). The number of non-ortho nitro benzene ring substituents is 1. The number of thioether (sulfide) groups is 1. The molecule has 1 atom stereocenters. The van der Waals surface area contributed by atoms with Gasteiger partial charge in [0, 0.05) is 23.1 Å². The summed E-state index contributed by atoms with van der Waals surface area (Å²) in [7, 11) is 0. The highest BCUT2D eigenvalue weighted by Crippen LogP contribution is 2.31. The molecular formula is C15H12F3N7O3S2. The number of thiazole rings is 1. The number of carbonyl (C=O) groups is 1. The molecule has 2 heterocycles. The minimum absolute atomic E-state index is 0.0970. The molecular weight excluding hydrogens is 447 g/mol. The van der Waals surface area contributed by atoms with E-state index in [1.165, 1.54) is 25.1 Å². The first-order valence-corrected chi connectivity index (χ1v) is 9.77. The van der Waals surface area contributed by atoms with Gasteiger partial charge in [0.15, 0.2) is 5.13 Å². The van der Waals surface area contributed by atoms with Crippen molar-refractivity contribution in [3.05, 3.63) is 45.6 Å². The number of alkyl halides is 3. The smallest absolute Gasteiger partial charge is 0.335 e. The summed E-state index contributed by atoms with van der Waals surface area (Å²) in [5, 5.41) is 20.5. The molecule has 3 N–H and O–H groups in total. The van der Waals surface area contributed by atoms with Gasteiger partial charge >= 0.3 is 6.18 Å². The van der Waals surface area contributed by atoms with Crippen LogP contribution in [0, 0.1) is 10.1 Å². The average Bonchev–Trinajstić information content (AvgIpc) is 3.28. The lowest BCUT2D eigenvalue weighted by Crippen LogP contribution is -2.25. The molecule has 0 fully saturated rings. The number of aromatic nitrogens is 4. The average molecular weight is 459 g/mol. The lowest BCUT2D eigenvalue weighted by atomic mass is 10.1. The summed E-state index contributed by atoms with van der Waals surface area (Å²) in [5.41, 5.74) is 0.829. The van der Waals surface area contributed by atoms with E-state index in [4.69, 9.17) is 5.84 Å². The summed E-state index contributed by atoms with van der Waals surface area (Å²) in [5.74, 6) is 3.43. The van der Waals surface area contributed by atoms with Gasteiger partial charge < -0.3 is 11.2 Å². The molecule has 1 aromatic carbocycles. The Hall–Kier alpha value is -3.20. The second-order valence-corrected chi connectivity index (χ2v) is 7.93. The lowest BCUT2D eigenvalue weighted by molar-refractivity contribution is -0.384. The zero-order valence-electron chi connectivity index (χ0n) is 15.0. The van der Waals surface area contributed by atoms with E-state index in [2.05, 4.69) is 20.5 Å². The Bertz CT molecular complexity index is 1100. The molecule has 2 aromatic heterocycles. The highest BCUT2D eigenvalue weighted by atomic mass is 32.2. The third kappa shape index (κ3) is 4.68. The first-order valence-electron chi connectivity index (χ1n) is 8.02. The van der Waals surface area contributed by atoms with Gasteiger partial charge in [-0.2, -0.15) is 13.2 Å². The van der Waals surface area contributed by atoms with Crippen LogP contribution in [0.1, 0.15) is 12.7 Å². The quantitative estimate of drug-likeness (QED) is 0.248. The summed E-state index contributed by atoms with van der Waals surface area (Å²) in [4.78, 5) is 26.9. The lowest BCUT2D eigenvalue weighted by Gasteiger charge is -2.10. The maximum atomic E-state index is 12.7. The second kappa shape index (κ2) is 8.27. The molecule has 0 aliphatic carbocycles. The molecule has 1 unspecified atom stereocenters. The van der Waals surface area contributed by atoms with Crippen LogP contribution in [0.25, 0.3) is 11.3 Å². The van der Waals surface area contributed by atoms with Gasteiger partial charge in [0.1, 0.15) is 0 Å². The highest BCUT2D eigenvalue weighted by Gasteiger charge is 2.38. The van der Waals surface area contributed by atoms with Gasteiger partial charge in [-0.3, -0.25) is 14.9 Å². The second-order valence-electron chi connectivity index (χ2n) is 5.77. The predicted octanol–water partition coefficient (Wildman–Crippen LogP) is 3.16. The van der Waals surface area contributed by atoms with Crippen LogP contribution >= 0.6 is 23.1 Å². The molecule has 30 heavy (non-hydrogen) atoms. The van der Waals surface area contributed by atoms with E-state index in [0.717, 1.165) is 11.3 Å². The Morgan fingerprint density at radius 2 is 2.13 bits per heavy atom. The summed E-state index contributed by atoms with van der Waals surface area (Å²) < 4.78 is 38.4.